The van der Waals surface area contributed by atoms with Gasteiger partial charge in [-0.05, 0) is 65.0 Å². The first-order chi connectivity index (χ1) is 21.3. The van der Waals surface area contributed by atoms with Gasteiger partial charge in [-0.15, -0.1) is 11.3 Å². The molecule has 0 atom stereocenters. The lowest BCUT2D eigenvalue weighted by atomic mass is 9.99. The van der Waals surface area contributed by atoms with Gasteiger partial charge in [-0.25, -0.2) is 0 Å². The van der Waals surface area contributed by atoms with E-state index in [1.165, 1.54) is 47.5 Å². The predicted molar refractivity (Wildman–Crippen MR) is 184 cm³/mol. The van der Waals surface area contributed by atoms with Crippen molar-refractivity contribution in [3.05, 3.63) is 152 Å². The summed E-state index contributed by atoms with van der Waals surface area (Å²) >= 11 is 1.85. The van der Waals surface area contributed by atoms with E-state index in [0.717, 1.165) is 33.6 Å². The van der Waals surface area contributed by atoms with E-state index < -0.39 is 0 Å². The molecule has 0 bridgehead atoms. The first-order valence-corrected chi connectivity index (χ1v) is 15.3. The van der Waals surface area contributed by atoms with Gasteiger partial charge in [-0.2, -0.15) is 0 Å². The normalized spacial score (nSPS) is 11.7. The summed E-state index contributed by atoms with van der Waals surface area (Å²) in [5.41, 5.74) is 7.59. The Morgan fingerprint density at radius 2 is 1.05 bits per heavy atom. The number of thiophene rings is 1. The molecular weight excluding hydrogens is 543 g/mol. The van der Waals surface area contributed by atoms with Gasteiger partial charge >= 0.3 is 0 Å². The van der Waals surface area contributed by atoms with E-state index in [9.17, 15) is 0 Å². The molecule has 202 valence electrons. The van der Waals surface area contributed by atoms with Gasteiger partial charge < -0.3 is 9.32 Å². The van der Waals surface area contributed by atoms with Crippen LogP contribution >= 0.6 is 11.3 Å². The van der Waals surface area contributed by atoms with Crippen LogP contribution < -0.4 is 4.90 Å². The smallest absolute Gasteiger partial charge is 0.145 e. The number of hydrogen-bond acceptors (Lipinski definition) is 3. The number of nitrogens with zero attached hydrogens (tertiary/aromatic N) is 1. The number of benzene rings is 7. The van der Waals surface area contributed by atoms with E-state index in [2.05, 4.69) is 157 Å². The number of para-hydroxylation sites is 1. The molecule has 2 heterocycles. The third-order valence-corrected chi connectivity index (χ3v) is 9.64. The van der Waals surface area contributed by atoms with Crippen LogP contribution in [0.15, 0.2) is 156 Å². The molecule has 0 aliphatic heterocycles. The van der Waals surface area contributed by atoms with Crippen LogP contribution in [0.25, 0.3) is 64.0 Å². The van der Waals surface area contributed by atoms with Crippen molar-refractivity contribution in [1.82, 2.24) is 0 Å². The highest BCUT2D eigenvalue weighted by Gasteiger charge is 2.21. The molecule has 7 aromatic carbocycles. The van der Waals surface area contributed by atoms with Crippen molar-refractivity contribution in [2.75, 3.05) is 4.90 Å². The van der Waals surface area contributed by atoms with Crippen molar-refractivity contribution >= 4 is 81.3 Å². The van der Waals surface area contributed by atoms with Gasteiger partial charge in [0.05, 0.1) is 0 Å². The Labute approximate surface area is 252 Å². The third-order valence-electron chi connectivity index (χ3n) is 8.44. The lowest BCUT2D eigenvalue weighted by Gasteiger charge is -2.25. The van der Waals surface area contributed by atoms with Gasteiger partial charge in [-0.3, -0.25) is 0 Å². The standard InChI is InChI=1S/C40H25NOS/c1-3-11-26(12-4-1)27-19-21-29(22-20-27)41(28-13-5-2-6-14-28)30-23-24-35-34(25-30)37-31-15-7-8-16-32(31)40-38(39(37)42-35)33-17-9-10-18-36(33)43-40/h1-25H. The maximum Gasteiger partial charge on any atom is 0.145 e. The molecule has 2 aromatic heterocycles. The van der Waals surface area contributed by atoms with E-state index in [0.29, 0.717) is 0 Å². The average molecular weight is 568 g/mol. The fourth-order valence-corrected chi connectivity index (χ4v) is 7.72. The van der Waals surface area contributed by atoms with Crippen LogP contribution in [0.3, 0.4) is 0 Å². The minimum atomic E-state index is 0.902. The highest BCUT2D eigenvalue weighted by molar-refractivity contribution is 7.27. The van der Waals surface area contributed by atoms with Gasteiger partial charge in [0.15, 0.2) is 0 Å². The molecular formula is C40H25NOS. The highest BCUT2D eigenvalue weighted by Crippen LogP contribution is 2.48. The Hall–Kier alpha value is -5.38. The van der Waals surface area contributed by atoms with Crippen molar-refractivity contribution < 1.29 is 4.42 Å². The van der Waals surface area contributed by atoms with Crippen molar-refractivity contribution in [3.8, 4) is 11.1 Å². The monoisotopic (exact) mass is 567 g/mol. The zero-order valence-corrected chi connectivity index (χ0v) is 24.0. The van der Waals surface area contributed by atoms with Gasteiger partial charge in [0.25, 0.3) is 0 Å². The summed E-state index contributed by atoms with van der Waals surface area (Å²) in [5.74, 6) is 0. The summed E-state index contributed by atoms with van der Waals surface area (Å²) in [5, 5.41) is 7.27. The topological polar surface area (TPSA) is 16.4 Å². The molecule has 0 saturated heterocycles. The number of fused-ring (bicyclic) bond motifs is 10. The Kier molecular flexibility index (Phi) is 5.40. The van der Waals surface area contributed by atoms with Crippen LogP contribution in [-0.2, 0) is 0 Å². The lowest BCUT2D eigenvalue weighted by molar-refractivity contribution is 0.673. The van der Waals surface area contributed by atoms with Crippen LogP contribution in [0.1, 0.15) is 0 Å². The molecule has 43 heavy (non-hydrogen) atoms. The number of hydrogen-bond donors (Lipinski definition) is 0. The van der Waals surface area contributed by atoms with E-state index in [1.54, 1.807) is 0 Å². The number of rotatable bonds is 4. The third kappa shape index (κ3) is 3.79. The maximum atomic E-state index is 6.74. The quantitative estimate of drug-likeness (QED) is 0.210. The van der Waals surface area contributed by atoms with Gasteiger partial charge in [0.2, 0.25) is 0 Å². The zero-order valence-electron chi connectivity index (χ0n) is 23.2. The van der Waals surface area contributed by atoms with E-state index in [4.69, 9.17) is 4.42 Å². The number of anilines is 3. The predicted octanol–water partition coefficient (Wildman–Crippen LogP) is 12.2. The van der Waals surface area contributed by atoms with E-state index >= 15 is 0 Å². The summed E-state index contributed by atoms with van der Waals surface area (Å²) in [6.07, 6.45) is 0. The van der Waals surface area contributed by atoms with Crippen LogP contribution in [0.4, 0.5) is 17.1 Å². The van der Waals surface area contributed by atoms with Crippen LogP contribution in [-0.4, -0.2) is 0 Å². The summed E-state index contributed by atoms with van der Waals surface area (Å²) in [4.78, 5) is 2.33. The van der Waals surface area contributed by atoms with E-state index in [1.807, 2.05) is 11.3 Å². The second kappa shape index (κ2) is 9.59. The first kappa shape index (κ1) is 24.2. The summed E-state index contributed by atoms with van der Waals surface area (Å²) in [7, 11) is 0. The van der Waals surface area contributed by atoms with Crippen LogP contribution in [0.2, 0.25) is 0 Å². The Morgan fingerprint density at radius 1 is 0.442 bits per heavy atom. The van der Waals surface area contributed by atoms with Crippen LogP contribution in [0.5, 0.6) is 0 Å². The average Bonchev–Trinajstić information content (AvgIpc) is 3.65. The summed E-state index contributed by atoms with van der Waals surface area (Å²) in [6, 6.07) is 54.0. The van der Waals surface area contributed by atoms with Gasteiger partial charge in [0.1, 0.15) is 11.2 Å². The zero-order chi connectivity index (χ0) is 28.3. The fraction of sp³-hybridized carbons (Fsp3) is 0. The second-order valence-electron chi connectivity index (χ2n) is 10.9. The highest BCUT2D eigenvalue weighted by atomic mass is 32.1. The van der Waals surface area contributed by atoms with Crippen LogP contribution in [0, 0.1) is 0 Å². The molecule has 0 radical (unpaired) electrons. The molecule has 0 saturated carbocycles. The molecule has 0 unspecified atom stereocenters. The molecule has 0 spiro atoms. The van der Waals surface area contributed by atoms with Crippen molar-refractivity contribution in [3.63, 3.8) is 0 Å². The minimum Gasteiger partial charge on any atom is -0.455 e. The molecule has 2 nitrogen and oxygen atoms in total. The fourth-order valence-electron chi connectivity index (χ4n) is 6.49. The molecule has 0 aliphatic carbocycles. The molecule has 0 aliphatic rings. The molecule has 0 amide bonds. The molecule has 9 aromatic rings. The second-order valence-corrected chi connectivity index (χ2v) is 12.0. The Morgan fingerprint density at radius 3 is 1.84 bits per heavy atom. The largest absolute Gasteiger partial charge is 0.455 e. The summed E-state index contributed by atoms with van der Waals surface area (Å²) in [6.45, 7) is 0. The van der Waals surface area contributed by atoms with Crippen molar-refractivity contribution in [2.24, 2.45) is 0 Å². The molecule has 0 fully saturated rings. The Balaban J connectivity index is 1.30. The maximum absolute atomic E-state index is 6.74. The minimum absolute atomic E-state index is 0.902. The van der Waals surface area contributed by atoms with E-state index in [-0.39, 0.29) is 0 Å². The molecule has 3 heteroatoms. The van der Waals surface area contributed by atoms with Crippen molar-refractivity contribution in [1.29, 1.82) is 0 Å². The SMILES string of the molecule is c1ccc(-c2ccc(N(c3ccccc3)c3ccc4oc5c(c4c3)c3ccccc3c3sc4ccccc4c53)cc2)cc1. The number of furan rings is 1. The van der Waals surface area contributed by atoms with Gasteiger partial charge in [-0.1, -0.05) is 103 Å². The molecule has 9 rings (SSSR count). The summed E-state index contributed by atoms with van der Waals surface area (Å²) < 4.78 is 9.31. The van der Waals surface area contributed by atoms with Crippen molar-refractivity contribution in [2.45, 2.75) is 0 Å². The first-order valence-electron chi connectivity index (χ1n) is 14.5. The lowest BCUT2D eigenvalue weighted by Crippen LogP contribution is -2.09. The van der Waals surface area contributed by atoms with Gasteiger partial charge in [0, 0.05) is 53.4 Å². The molecule has 0 N–H and O–H groups in total. The Bertz CT molecular complexity index is 2440.